The second-order valence-electron chi connectivity index (χ2n) is 5.97. The Labute approximate surface area is 137 Å². The van der Waals surface area contributed by atoms with E-state index in [0.717, 1.165) is 5.75 Å². The molecule has 1 aromatic carbocycles. The SMILES string of the molecule is C[C@H](COc1ccccc1)NC(=O)C1CCN(S(C)(=O)=O)CC1. The number of benzene rings is 1. The van der Waals surface area contributed by atoms with Crippen molar-refractivity contribution in [1.29, 1.82) is 0 Å². The number of rotatable bonds is 6. The summed E-state index contributed by atoms with van der Waals surface area (Å²) in [7, 11) is -3.16. The van der Waals surface area contributed by atoms with Gasteiger partial charge in [0.15, 0.2) is 0 Å². The van der Waals surface area contributed by atoms with Crippen molar-refractivity contribution in [2.75, 3.05) is 26.0 Å². The molecule has 1 aliphatic heterocycles. The number of sulfonamides is 1. The normalized spacial score (nSPS) is 18.3. The minimum absolute atomic E-state index is 0.0256. The molecule has 1 N–H and O–H groups in total. The summed E-state index contributed by atoms with van der Waals surface area (Å²) in [5, 5.41) is 2.94. The average Bonchev–Trinajstić information content (AvgIpc) is 2.53. The molecule has 23 heavy (non-hydrogen) atoms. The van der Waals surface area contributed by atoms with Gasteiger partial charge in [-0.05, 0) is 31.9 Å². The Kier molecular flexibility index (Phi) is 6.01. The first-order chi connectivity index (χ1) is 10.9. The van der Waals surface area contributed by atoms with Crippen LogP contribution in [0.5, 0.6) is 5.75 Å². The molecule has 6 nitrogen and oxygen atoms in total. The smallest absolute Gasteiger partial charge is 0.223 e. The lowest BCUT2D eigenvalue weighted by Crippen LogP contribution is -2.45. The fourth-order valence-electron chi connectivity index (χ4n) is 2.59. The van der Waals surface area contributed by atoms with Crippen LogP contribution in [0.1, 0.15) is 19.8 Å². The lowest BCUT2D eigenvalue weighted by Gasteiger charge is -2.30. The van der Waals surface area contributed by atoms with Gasteiger partial charge >= 0.3 is 0 Å². The summed E-state index contributed by atoms with van der Waals surface area (Å²) in [5.41, 5.74) is 0. The van der Waals surface area contributed by atoms with E-state index in [1.54, 1.807) is 0 Å². The largest absolute Gasteiger partial charge is 0.491 e. The topological polar surface area (TPSA) is 75.7 Å². The Morgan fingerprint density at radius 1 is 1.30 bits per heavy atom. The van der Waals surface area contributed by atoms with E-state index in [2.05, 4.69) is 5.32 Å². The van der Waals surface area contributed by atoms with E-state index >= 15 is 0 Å². The number of nitrogens with one attached hydrogen (secondary N) is 1. The third-order valence-corrected chi connectivity index (χ3v) is 5.23. The van der Waals surface area contributed by atoms with Crippen LogP contribution < -0.4 is 10.1 Å². The first kappa shape index (κ1) is 17.7. The van der Waals surface area contributed by atoms with Crippen LogP contribution in [0.25, 0.3) is 0 Å². The predicted octanol–water partition coefficient (Wildman–Crippen LogP) is 1.24. The second kappa shape index (κ2) is 7.79. The lowest BCUT2D eigenvalue weighted by molar-refractivity contribution is -0.126. The summed E-state index contributed by atoms with van der Waals surface area (Å²) in [4.78, 5) is 12.2. The summed E-state index contributed by atoms with van der Waals surface area (Å²) < 4.78 is 30.0. The molecule has 7 heteroatoms. The summed E-state index contributed by atoms with van der Waals surface area (Å²) in [6.45, 7) is 3.11. The van der Waals surface area contributed by atoms with Gasteiger partial charge in [-0.3, -0.25) is 4.79 Å². The fourth-order valence-corrected chi connectivity index (χ4v) is 3.46. The van der Waals surface area contributed by atoms with Crippen LogP contribution in [0.15, 0.2) is 30.3 Å². The van der Waals surface area contributed by atoms with E-state index in [1.165, 1.54) is 10.6 Å². The van der Waals surface area contributed by atoms with Crippen molar-refractivity contribution in [3.63, 3.8) is 0 Å². The van der Waals surface area contributed by atoms with E-state index < -0.39 is 10.0 Å². The van der Waals surface area contributed by atoms with Crippen LogP contribution >= 0.6 is 0 Å². The van der Waals surface area contributed by atoms with Gasteiger partial charge in [-0.25, -0.2) is 12.7 Å². The van der Waals surface area contributed by atoms with Crippen molar-refractivity contribution >= 4 is 15.9 Å². The number of hydrogen-bond acceptors (Lipinski definition) is 4. The quantitative estimate of drug-likeness (QED) is 0.845. The maximum absolute atomic E-state index is 12.2. The van der Waals surface area contributed by atoms with Crippen molar-refractivity contribution in [1.82, 2.24) is 9.62 Å². The molecule has 0 radical (unpaired) electrons. The first-order valence-corrected chi connectivity index (χ1v) is 9.64. The molecule has 1 atom stereocenters. The Balaban J connectivity index is 1.74. The third-order valence-electron chi connectivity index (χ3n) is 3.93. The van der Waals surface area contributed by atoms with Gasteiger partial charge in [0, 0.05) is 19.0 Å². The minimum Gasteiger partial charge on any atom is -0.491 e. The number of hydrogen-bond donors (Lipinski definition) is 1. The minimum atomic E-state index is -3.16. The van der Waals surface area contributed by atoms with Gasteiger partial charge in [-0.15, -0.1) is 0 Å². The van der Waals surface area contributed by atoms with Crippen molar-refractivity contribution < 1.29 is 17.9 Å². The lowest BCUT2D eigenvalue weighted by atomic mass is 9.97. The van der Waals surface area contributed by atoms with Gasteiger partial charge in [-0.1, -0.05) is 18.2 Å². The van der Waals surface area contributed by atoms with E-state index in [9.17, 15) is 13.2 Å². The maximum Gasteiger partial charge on any atom is 0.223 e. The Morgan fingerprint density at radius 3 is 2.48 bits per heavy atom. The zero-order valence-corrected chi connectivity index (χ0v) is 14.4. The van der Waals surface area contributed by atoms with Crippen LogP contribution in [-0.2, 0) is 14.8 Å². The number of nitrogens with zero attached hydrogens (tertiary/aromatic N) is 1. The van der Waals surface area contributed by atoms with Crippen molar-refractivity contribution in [3.8, 4) is 5.75 Å². The summed E-state index contributed by atoms with van der Waals surface area (Å²) in [6.07, 6.45) is 2.33. The van der Waals surface area contributed by atoms with Gasteiger partial charge in [0.05, 0.1) is 12.3 Å². The fraction of sp³-hybridized carbons (Fsp3) is 0.562. The highest BCUT2D eigenvalue weighted by Crippen LogP contribution is 2.19. The molecule has 0 bridgehead atoms. The van der Waals surface area contributed by atoms with Crippen molar-refractivity contribution in [2.45, 2.75) is 25.8 Å². The molecular weight excluding hydrogens is 316 g/mol. The van der Waals surface area contributed by atoms with Crippen LogP contribution in [0.2, 0.25) is 0 Å². The Hall–Kier alpha value is -1.60. The van der Waals surface area contributed by atoms with E-state index in [4.69, 9.17) is 4.74 Å². The molecule has 0 aromatic heterocycles. The zero-order chi connectivity index (χ0) is 16.9. The average molecular weight is 340 g/mol. The molecule has 1 heterocycles. The molecular formula is C16H24N2O4S. The molecule has 0 aliphatic carbocycles. The molecule has 2 rings (SSSR count). The Morgan fingerprint density at radius 2 is 1.91 bits per heavy atom. The van der Waals surface area contributed by atoms with Gasteiger partial charge in [-0.2, -0.15) is 0 Å². The second-order valence-corrected chi connectivity index (χ2v) is 7.95. The number of para-hydroxylation sites is 1. The Bertz CT molecular complexity index is 610. The zero-order valence-electron chi connectivity index (χ0n) is 13.6. The first-order valence-electron chi connectivity index (χ1n) is 7.79. The van der Waals surface area contributed by atoms with E-state index in [1.807, 2.05) is 37.3 Å². The standard InChI is InChI=1S/C16H24N2O4S/c1-13(12-22-15-6-4-3-5-7-15)17-16(19)14-8-10-18(11-9-14)23(2,20)21/h3-7,13-14H,8-12H2,1-2H3,(H,17,19)/t13-/m1/s1. The summed E-state index contributed by atoms with van der Waals surface area (Å²) in [6, 6.07) is 9.35. The van der Waals surface area contributed by atoms with Gasteiger partial charge in [0.2, 0.25) is 15.9 Å². The van der Waals surface area contributed by atoms with Crippen LogP contribution in [0.4, 0.5) is 0 Å². The number of carbonyl (C=O) groups is 1. The van der Waals surface area contributed by atoms with E-state index in [0.29, 0.717) is 32.5 Å². The molecule has 0 unspecified atom stereocenters. The highest BCUT2D eigenvalue weighted by molar-refractivity contribution is 7.88. The molecule has 0 saturated carbocycles. The molecule has 0 spiro atoms. The van der Waals surface area contributed by atoms with Crippen LogP contribution in [0, 0.1) is 5.92 Å². The number of ether oxygens (including phenoxy) is 1. The molecule has 1 fully saturated rings. The molecule has 1 aromatic rings. The number of amides is 1. The molecule has 128 valence electrons. The van der Waals surface area contributed by atoms with Crippen molar-refractivity contribution in [3.05, 3.63) is 30.3 Å². The van der Waals surface area contributed by atoms with E-state index in [-0.39, 0.29) is 17.9 Å². The van der Waals surface area contributed by atoms with Crippen LogP contribution in [-0.4, -0.2) is 50.6 Å². The predicted molar refractivity (Wildman–Crippen MR) is 88.7 cm³/mol. The van der Waals surface area contributed by atoms with Gasteiger partial charge in [0.25, 0.3) is 0 Å². The number of carbonyl (C=O) groups excluding carboxylic acids is 1. The van der Waals surface area contributed by atoms with Crippen molar-refractivity contribution in [2.24, 2.45) is 5.92 Å². The van der Waals surface area contributed by atoms with Gasteiger partial charge < -0.3 is 10.1 Å². The highest BCUT2D eigenvalue weighted by atomic mass is 32.2. The maximum atomic E-state index is 12.2. The molecule has 1 aliphatic rings. The summed E-state index contributed by atoms with van der Waals surface area (Å²) in [5.74, 6) is 0.615. The third kappa shape index (κ3) is 5.51. The number of piperidine rings is 1. The van der Waals surface area contributed by atoms with Gasteiger partial charge in [0.1, 0.15) is 12.4 Å². The molecule has 1 amide bonds. The highest BCUT2D eigenvalue weighted by Gasteiger charge is 2.29. The molecule has 1 saturated heterocycles. The summed E-state index contributed by atoms with van der Waals surface area (Å²) >= 11 is 0. The van der Waals surface area contributed by atoms with Crippen LogP contribution in [0.3, 0.4) is 0 Å². The monoisotopic (exact) mass is 340 g/mol.